The first-order valence-electron chi connectivity index (χ1n) is 15.4. The van der Waals surface area contributed by atoms with Gasteiger partial charge < -0.3 is 25.4 Å². The second kappa shape index (κ2) is 16.1. The van der Waals surface area contributed by atoms with Crippen LogP contribution in [0.15, 0.2) is 72.8 Å². The minimum atomic E-state index is -5.12. The van der Waals surface area contributed by atoms with Crippen LogP contribution in [0.3, 0.4) is 0 Å². The maximum Gasteiger partial charge on any atom is 0.416 e. The fourth-order valence-corrected chi connectivity index (χ4v) is 4.59. The van der Waals surface area contributed by atoms with Gasteiger partial charge in [0.1, 0.15) is 30.0 Å². The lowest BCUT2D eigenvalue weighted by Gasteiger charge is -2.27. The predicted molar refractivity (Wildman–Crippen MR) is 171 cm³/mol. The molecule has 8 nitrogen and oxygen atoms in total. The summed E-state index contributed by atoms with van der Waals surface area (Å²) >= 11 is 0. The second-order valence-electron chi connectivity index (χ2n) is 12.8. The van der Waals surface area contributed by atoms with E-state index in [9.17, 15) is 40.7 Å². The third kappa shape index (κ3) is 13.0. The molecular weight excluding hydrogens is 656 g/mol. The van der Waals surface area contributed by atoms with Gasteiger partial charge in [-0.2, -0.15) is 26.3 Å². The van der Waals surface area contributed by atoms with E-state index >= 15 is 0 Å². The molecule has 3 N–H and O–H groups in total. The van der Waals surface area contributed by atoms with Crippen molar-refractivity contribution in [2.45, 2.75) is 84.1 Å². The Morgan fingerprint density at radius 2 is 1.31 bits per heavy atom. The van der Waals surface area contributed by atoms with Crippen LogP contribution in [-0.2, 0) is 39.7 Å². The van der Waals surface area contributed by atoms with Crippen molar-refractivity contribution in [3.8, 4) is 5.75 Å². The van der Waals surface area contributed by atoms with Crippen LogP contribution in [0.2, 0.25) is 0 Å². The second-order valence-corrected chi connectivity index (χ2v) is 12.8. The normalized spacial score (nSPS) is 13.3. The SMILES string of the molecule is CC(C)C[C@H](NC(=O)Nc1cc(C(F)(F)F)cc(C(F)(F)F)c1)C(=O)N[C@@H](Cc1ccc(OCc2ccccc2)cc1)C(=O)OC(C)(C)C. The summed E-state index contributed by atoms with van der Waals surface area (Å²) in [6.07, 6.45) is -10.2. The Bertz CT molecular complexity index is 1540. The number of amides is 3. The highest BCUT2D eigenvalue weighted by atomic mass is 19.4. The van der Waals surface area contributed by atoms with Gasteiger partial charge in [-0.15, -0.1) is 0 Å². The number of hydrogen-bond donors (Lipinski definition) is 3. The lowest BCUT2D eigenvalue weighted by Crippen LogP contribution is -2.54. The van der Waals surface area contributed by atoms with Crippen LogP contribution in [-0.4, -0.2) is 35.6 Å². The van der Waals surface area contributed by atoms with E-state index in [1.165, 1.54) is 0 Å². The topological polar surface area (TPSA) is 106 Å². The zero-order valence-corrected chi connectivity index (χ0v) is 27.6. The van der Waals surface area contributed by atoms with Gasteiger partial charge >= 0.3 is 24.4 Å². The summed E-state index contributed by atoms with van der Waals surface area (Å²) in [5.41, 5.74) is -3.33. The number of carbonyl (C=O) groups is 3. The Balaban J connectivity index is 1.78. The summed E-state index contributed by atoms with van der Waals surface area (Å²) in [6.45, 7) is 8.74. The summed E-state index contributed by atoms with van der Waals surface area (Å²) in [4.78, 5) is 39.6. The number of hydrogen-bond acceptors (Lipinski definition) is 5. The van der Waals surface area contributed by atoms with Crippen molar-refractivity contribution >= 4 is 23.6 Å². The molecule has 0 aromatic heterocycles. The highest BCUT2D eigenvalue weighted by Gasteiger charge is 2.37. The number of rotatable bonds is 12. The van der Waals surface area contributed by atoms with E-state index in [1.54, 1.807) is 58.9 Å². The van der Waals surface area contributed by atoms with Crippen LogP contribution in [0.5, 0.6) is 5.75 Å². The number of benzene rings is 3. The van der Waals surface area contributed by atoms with E-state index in [0.717, 1.165) is 5.56 Å². The Labute approximate surface area is 280 Å². The lowest BCUT2D eigenvalue weighted by atomic mass is 10.0. The Kier molecular flexibility index (Phi) is 12.7. The number of urea groups is 1. The van der Waals surface area contributed by atoms with Gasteiger partial charge in [0, 0.05) is 12.1 Å². The standard InChI is InChI=1S/C35H39F6N3O5/c1-21(2)15-28(44-32(47)42-26-18-24(34(36,37)38)17-25(19-26)35(39,40)41)30(45)43-29(31(46)49-33(3,4)5)16-22-11-13-27(14-12-22)48-20-23-9-7-6-8-10-23/h6-14,17-19,21,28-29H,15-16,20H2,1-5H3,(H,43,45)(H2,42,44,47)/t28-,29-/m0/s1. The first-order chi connectivity index (χ1) is 22.7. The number of esters is 1. The molecule has 266 valence electrons. The Morgan fingerprint density at radius 1 is 0.735 bits per heavy atom. The van der Waals surface area contributed by atoms with Crippen LogP contribution in [0, 0.1) is 5.92 Å². The van der Waals surface area contributed by atoms with Gasteiger partial charge in [-0.05, 0) is 74.6 Å². The summed E-state index contributed by atoms with van der Waals surface area (Å²) in [6, 6.07) is 13.2. The molecule has 3 amide bonds. The van der Waals surface area contributed by atoms with Crippen molar-refractivity contribution in [2.75, 3.05) is 5.32 Å². The van der Waals surface area contributed by atoms with Crippen molar-refractivity contribution in [1.82, 2.24) is 10.6 Å². The quantitative estimate of drug-likeness (QED) is 0.132. The predicted octanol–water partition coefficient (Wildman–Crippen LogP) is 7.91. The van der Waals surface area contributed by atoms with Crippen molar-refractivity contribution in [2.24, 2.45) is 5.92 Å². The van der Waals surface area contributed by atoms with Crippen LogP contribution in [0.1, 0.15) is 63.3 Å². The highest BCUT2D eigenvalue weighted by molar-refractivity contribution is 5.95. The molecule has 49 heavy (non-hydrogen) atoms. The average molecular weight is 696 g/mol. The van der Waals surface area contributed by atoms with E-state index in [1.807, 2.05) is 35.6 Å². The molecule has 0 aliphatic heterocycles. The minimum absolute atomic E-state index is 0.00926. The van der Waals surface area contributed by atoms with Crippen LogP contribution < -0.4 is 20.7 Å². The fraction of sp³-hybridized carbons (Fsp3) is 0.400. The van der Waals surface area contributed by atoms with Gasteiger partial charge in [0.2, 0.25) is 5.91 Å². The van der Waals surface area contributed by atoms with Gasteiger partial charge in [0.25, 0.3) is 0 Å². The minimum Gasteiger partial charge on any atom is -0.489 e. The smallest absolute Gasteiger partial charge is 0.416 e. The molecular formula is C35H39F6N3O5. The number of carbonyl (C=O) groups excluding carboxylic acids is 3. The zero-order valence-electron chi connectivity index (χ0n) is 27.6. The van der Waals surface area contributed by atoms with Crippen LogP contribution >= 0.6 is 0 Å². The van der Waals surface area contributed by atoms with Gasteiger partial charge in [-0.25, -0.2) is 9.59 Å². The third-order valence-electron chi connectivity index (χ3n) is 6.79. The summed E-state index contributed by atoms with van der Waals surface area (Å²) in [5, 5.41) is 6.87. The molecule has 0 bridgehead atoms. The van der Waals surface area contributed by atoms with Gasteiger partial charge in [-0.3, -0.25) is 4.79 Å². The van der Waals surface area contributed by atoms with E-state index < -0.39 is 64.8 Å². The van der Waals surface area contributed by atoms with E-state index in [4.69, 9.17) is 9.47 Å². The molecule has 3 aromatic rings. The van der Waals surface area contributed by atoms with Crippen LogP contribution in [0.4, 0.5) is 36.8 Å². The van der Waals surface area contributed by atoms with Crippen molar-refractivity contribution in [3.05, 3.63) is 95.1 Å². The number of ether oxygens (including phenoxy) is 2. The summed E-state index contributed by atoms with van der Waals surface area (Å²) in [5.74, 6) is -1.21. The summed E-state index contributed by atoms with van der Waals surface area (Å²) < 4.78 is 91.2. The number of nitrogens with one attached hydrogen (secondary N) is 3. The molecule has 0 aliphatic rings. The average Bonchev–Trinajstić information content (AvgIpc) is 2.98. The molecule has 0 saturated heterocycles. The maximum absolute atomic E-state index is 13.5. The van der Waals surface area contributed by atoms with Crippen molar-refractivity contribution < 1.29 is 50.2 Å². The van der Waals surface area contributed by atoms with Crippen molar-refractivity contribution in [1.29, 1.82) is 0 Å². The molecule has 0 fully saturated rings. The number of halogens is 6. The van der Waals surface area contributed by atoms with Crippen molar-refractivity contribution in [3.63, 3.8) is 0 Å². The first-order valence-corrected chi connectivity index (χ1v) is 15.4. The molecule has 3 rings (SSSR count). The Hall–Kier alpha value is -4.75. The maximum atomic E-state index is 13.5. The van der Waals surface area contributed by atoms with E-state index in [2.05, 4.69) is 10.6 Å². The monoisotopic (exact) mass is 695 g/mol. The van der Waals surface area contributed by atoms with Gasteiger partial charge in [0.15, 0.2) is 0 Å². The van der Waals surface area contributed by atoms with E-state index in [-0.39, 0.29) is 24.8 Å². The van der Waals surface area contributed by atoms with Gasteiger partial charge in [0.05, 0.1) is 11.1 Å². The Morgan fingerprint density at radius 3 is 1.82 bits per heavy atom. The van der Waals surface area contributed by atoms with Crippen LogP contribution in [0.25, 0.3) is 0 Å². The largest absolute Gasteiger partial charge is 0.489 e. The zero-order chi connectivity index (χ0) is 36.6. The third-order valence-corrected chi connectivity index (χ3v) is 6.79. The molecule has 0 aliphatic carbocycles. The fourth-order valence-electron chi connectivity index (χ4n) is 4.59. The number of alkyl halides is 6. The molecule has 0 heterocycles. The molecule has 0 spiro atoms. The molecule has 3 aromatic carbocycles. The van der Waals surface area contributed by atoms with Gasteiger partial charge in [-0.1, -0.05) is 56.3 Å². The molecule has 14 heteroatoms. The molecule has 0 unspecified atom stereocenters. The highest BCUT2D eigenvalue weighted by Crippen LogP contribution is 2.37. The lowest BCUT2D eigenvalue weighted by molar-refractivity contribution is -0.158. The number of anilines is 1. The molecule has 0 radical (unpaired) electrons. The molecule has 0 saturated carbocycles. The summed E-state index contributed by atoms with van der Waals surface area (Å²) in [7, 11) is 0. The van der Waals surface area contributed by atoms with E-state index in [0.29, 0.717) is 30.1 Å². The molecule has 2 atom stereocenters. The first kappa shape index (κ1) is 38.7.